The van der Waals surface area contributed by atoms with Gasteiger partial charge in [0.1, 0.15) is 6.10 Å². The lowest BCUT2D eigenvalue weighted by Gasteiger charge is -2.72. The minimum absolute atomic E-state index is 0.0625. The molecule has 10 heteroatoms. The number of carboxylic acids is 1. The summed E-state index contributed by atoms with van der Waals surface area (Å²) in [6, 6.07) is 7.61. The van der Waals surface area contributed by atoms with Crippen molar-refractivity contribution >= 4 is 23.6 Å². The third-order valence-electron chi connectivity index (χ3n) is 19.6. The topological polar surface area (TPSA) is 140 Å². The van der Waals surface area contributed by atoms with Crippen LogP contribution < -0.4 is 10.6 Å². The van der Waals surface area contributed by atoms with Crippen molar-refractivity contribution in [3.05, 3.63) is 59.2 Å². The van der Waals surface area contributed by atoms with Crippen LogP contribution in [0.3, 0.4) is 0 Å². The number of ketones is 1. The molecular formula is C54H78N4O6. The van der Waals surface area contributed by atoms with E-state index in [9.17, 15) is 24.3 Å². The summed E-state index contributed by atoms with van der Waals surface area (Å²) in [4.78, 5) is 57.5. The summed E-state index contributed by atoms with van der Waals surface area (Å²) in [6.45, 7) is 28.2. The number of benzene rings is 1. The molecule has 5 saturated carbocycles. The van der Waals surface area contributed by atoms with Crippen LogP contribution in [-0.2, 0) is 19.1 Å². The maximum atomic E-state index is 14.3. The first-order valence-electron chi connectivity index (χ1n) is 24.7. The van der Waals surface area contributed by atoms with Gasteiger partial charge in [-0.1, -0.05) is 67.9 Å². The fraction of sp³-hybridized carbons (Fsp3) is 0.722. The molecule has 0 aliphatic heterocycles. The number of nitrogens with one attached hydrogen (secondary N) is 2. The van der Waals surface area contributed by atoms with E-state index in [4.69, 9.17) is 4.74 Å². The van der Waals surface area contributed by atoms with E-state index in [2.05, 4.69) is 77.9 Å². The molecule has 8 rings (SSSR count). The van der Waals surface area contributed by atoms with Crippen LogP contribution in [0.5, 0.6) is 0 Å². The normalized spacial score (nSPS) is 36.3. The number of carbonyl (C=O) groups is 4. The molecule has 0 bridgehead atoms. The van der Waals surface area contributed by atoms with Gasteiger partial charge in [0.2, 0.25) is 0 Å². The average molecular weight is 879 g/mol. The van der Waals surface area contributed by atoms with E-state index in [1.165, 1.54) is 5.57 Å². The molecule has 6 aliphatic rings. The molecule has 2 aromatic rings. The summed E-state index contributed by atoms with van der Waals surface area (Å²) < 4.78 is 8.40. The minimum atomic E-state index is -0.826. The molecule has 350 valence electrons. The van der Waals surface area contributed by atoms with Gasteiger partial charge < -0.3 is 25.0 Å². The molecule has 10 atom stereocenters. The highest BCUT2D eigenvalue weighted by molar-refractivity contribution is 6.00. The molecule has 6 aliphatic carbocycles. The standard InChI is InChI=1S/C54H78N4O6/c1-32(2)43-39(59)28-54(25-26-55-30-48(4,5)57-45(60)34-13-15-35(16-14-34)58-29-33(3)56-31-58)24-23-52(11)36(44(43)54)17-18-41-51(10)21-20-42(50(8,9)40(51)19-22-53(41,52)12)64-47(63)38-27-37(46(61)62)49(38,6)7/h13-16,29,31-32,36-38,40-42,55H,17-28,30H2,1-12H3,(H,57,60)(H,61,62)/t36-,37+,38-,40+,41-,42+,51+,52-,53-,54-/m1/s1. The fourth-order valence-corrected chi connectivity index (χ4v) is 15.7. The number of carboxylic acid groups (broad SMARTS) is 1. The van der Waals surface area contributed by atoms with Gasteiger partial charge in [0.25, 0.3) is 5.91 Å². The van der Waals surface area contributed by atoms with Gasteiger partial charge in [-0.2, -0.15) is 0 Å². The van der Waals surface area contributed by atoms with Crippen LogP contribution in [0, 0.1) is 74.9 Å². The van der Waals surface area contributed by atoms with E-state index in [1.54, 1.807) is 6.33 Å². The highest BCUT2D eigenvalue weighted by Gasteiger charge is 2.70. The number of amides is 1. The Balaban J connectivity index is 0.944. The van der Waals surface area contributed by atoms with Crippen LogP contribution >= 0.6 is 0 Å². The van der Waals surface area contributed by atoms with E-state index in [0.29, 0.717) is 48.5 Å². The summed E-state index contributed by atoms with van der Waals surface area (Å²) in [7, 11) is 0. The summed E-state index contributed by atoms with van der Waals surface area (Å²) in [6.07, 6.45) is 13.9. The van der Waals surface area contributed by atoms with Crippen molar-refractivity contribution in [2.45, 2.75) is 165 Å². The van der Waals surface area contributed by atoms with Crippen molar-refractivity contribution in [3.8, 4) is 5.69 Å². The molecule has 0 saturated heterocycles. The van der Waals surface area contributed by atoms with Crippen LogP contribution in [0.15, 0.2) is 47.9 Å². The van der Waals surface area contributed by atoms with Gasteiger partial charge in [0, 0.05) is 46.8 Å². The van der Waals surface area contributed by atoms with Crippen molar-refractivity contribution < 1.29 is 29.0 Å². The van der Waals surface area contributed by atoms with Gasteiger partial charge in [-0.3, -0.25) is 19.2 Å². The molecular weight excluding hydrogens is 801 g/mol. The number of fused-ring (bicyclic) bond motifs is 7. The molecule has 10 nitrogen and oxygen atoms in total. The number of ether oxygens (including phenoxy) is 1. The molecule has 0 radical (unpaired) electrons. The summed E-state index contributed by atoms with van der Waals surface area (Å²) >= 11 is 0. The predicted molar refractivity (Wildman–Crippen MR) is 250 cm³/mol. The van der Waals surface area contributed by atoms with Crippen molar-refractivity contribution in [1.82, 2.24) is 20.2 Å². The number of aliphatic carboxylic acids is 1. The van der Waals surface area contributed by atoms with Crippen molar-refractivity contribution in [2.24, 2.45) is 68.0 Å². The second kappa shape index (κ2) is 15.9. The summed E-state index contributed by atoms with van der Waals surface area (Å²) in [5, 5.41) is 16.7. The average Bonchev–Trinajstić information content (AvgIpc) is 3.77. The Bertz CT molecular complexity index is 2220. The van der Waals surface area contributed by atoms with E-state index < -0.39 is 22.8 Å². The van der Waals surface area contributed by atoms with E-state index in [1.807, 2.05) is 55.8 Å². The number of aryl methyl sites for hydroxylation is 1. The molecule has 1 aromatic heterocycles. The molecule has 1 heterocycles. The lowest BCUT2D eigenvalue weighted by Crippen LogP contribution is -2.66. The van der Waals surface area contributed by atoms with Gasteiger partial charge in [-0.05, 0) is 167 Å². The monoisotopic (exact) mass is 879 g/mol. The van der Waals surface area contributed by atoms with E-state index in [-0.39, 0.29) is 56.9 Å². The first-order valence-corrected chi connectivity index (χ1v) is 24.7. The number of allylic oxidation sites excluding steroid dienone is 2. The van der Waals surface area contributed by atoms with Crippen LogP contribution in [0.2, 0.25) is 0 Å². The van der Waals surface area contributed by atoms with Gasteiger partial charge in [-0.15, -0.1) is 0 Å². The van der Waals surface area contributed by atoms with Gasteiger partial charge in [0.15, 0.2) is 5.78 Å². The van der Waals surface area contributed by atoms with E-state index >= 15 is 0 Å². The SMILES string of the molecule is Cc1cn(-c2ccc(C(=O)NC(C)(C)CNCC[C@@]34CC[C@]5(C)[C@H](CC[C@@H]6[C@@]7(C)CC[C@H](OC(=O)[C@H]8C[C@@H](C(=O)O)C8(C)C)C(C)(C)[C@@H]7CC[C@]65C)C3=C(C(C)C)C(=O)C4)cc2)cn1. The summed E-state index contributed by atoms with van der Waals surface area (Å²) in [5.41, 5.74) is 3.98. The number of rotatable bonds is 12. The fourth-order valence-electron chi connectivity index (χ4n) is 15.7. The zero-order valence-electron chi connectivity index (χ0n) is 41.1. The van der Waals surface area contributed by atoms with Crippen molar-refractivity contribution in [2.75, 3.05) is 13.1 Å². The first kappa shape index (κ1) is 46.7. The lowest BCUT2D eigenvalue weighted by molar-refractivity contribution is -0.236. The third-order valence-corrected chi connectivity index (χ3v) is 19.6. The molecule has 0 unspecified atom stereocenters. The summed E-state index contributed by atoms with van der Waals surface area (Å²) in [5.74, 6) is -0.174. The van der Waals surface area contributed by atoms with Crippen LogP contribution in [0.1, 0.15) is 163 Å². The second-order valence-corrected chi connectivity index (χ2v) is 24.5. The molecule has 1 aromatic carbocycles. The Morgan fingerprint density at radius 2 is 1.59 bits per heavy atom. The maximum Gasteiger partial charge on any atom is 0.309 e. The first-order chi connectivity index (χ1) is 29.8. The largest absolute Gasteiger partial charge is 0.481 e. The number of hydrogen-bond acceptors (Lipinski definition) is 7. The van der Waals surface area contributed by atoms with Crippen molar-refractivity contribution in [3.63, 3.8) is 0 Å². The number of hydrogen-bond donors (Lipinski definition) is 3. The Morgan fingerprint density at radius 1 is 0.891 bits per heavy atom. The molecule has 0 spiro atoms. The van der Waals surface area contributed by atoms with Crippen LogP contribution in [0.25, 0.3) is 5.69 Å². The second-order valence-electron chi connectivity index (χ2n) is 24.5. The number of esters is 1. The van der Waals surface area contributed by atoms with Gasteiger partial charge >= 0.3 is 11.9 Å². The smallest absolute Gasteiger partial charge is 0.309 e. The quantitative estimate of drug-likeness (QED) is 0.141. The molecule has 64 heavy (non-hydrogen) atoms. The minimum Gasteiger partial charge on any atom is -0.481 e. The zero-order chi connectivity index (χ0) is 46.6. The van der Waals surface area contributed by atoms with E-state index in [0.717, 1.165) is 81.3 Å². The maximum absolute atomic E-state index is 14.3. The molecule has 1 amide bonds. The number of Topliss-reactive ketones (excluding diaryl/α,β-unsaturated/α-hetero) is 1. The third kappa shape index (κ3) is 7.33. The lowest BCUT2D eigenvalue weighted by atomic mass is 9.33. The Hall–Kier alpha value is -3.79. The van der Waals surface area contributed by atoms with Crippen LogP contribution in [0.4, 0.5) is 0 Å². The predicted octanol–water partition coefficient (Wildman–Crippen LogP) is 10.3. The Kier molecular flexibility index (Phi) is 11.6. The van der Waals surface area contributed by atoms with Crippen molar-refractivity contribution in [1.29, 1.82) is 0 Å². The number of imidazole rings is 1. The zero-order valence-corrected chi connectivity index (χ0v) is 41.1. The number of aromatic nitrogens is 2. The highest BCUT2D eigenvalue weighted by atomic mass is 16.5. The Labute approximate surface area is 382 Å². The number of nitrogens with zero attached hydrogens (tertiary/aromatic N) is 2. The number of carbonyl (C=O) groups excluding carboxylic acids is 3. The molecule has 5 fully saturated rings. The van der Waals surface area contributed by atoms with Crippen LogP contribution in [-0.4, -0.2) is 63.0 Å². The molecule has 3 N–H and O–H groups in total. The van der Waals surface area contributed by atoms with Gasteiger partial charge in [0.05, 0.1) is 23.9 Å². The van der Waals surface area contributed by atoms with Gasteiger partial charge in [-0.25, -0.2) is 4.98 Å². The Morgan fingerprint density at radius 3 is 2.22 bits per heavy atom. The highest BCUT2D eigenvalue weighted by Crippen LogP contribution is 2.77.